The molecule has 3 rings (SSSR count). The fourth-order valence-corrected chi connectivity index (χ4v) is 2.93. The molecule has 1 aliphatic rings. The van der Waals surface area contributed by atoms with Gasteiger partial charge in [0.15, 0.2) is 0 Å². The van der Waals surface area contributed by atoms with Crippen molar-refractivity contribution < 1.29 is 4.79 Å². The molecule has 21 heavy (non-hydrogen) atoms. The second kappa shape index (κ2) is 6.68. The van der Waals surface area contributed by atoms with Gasteiger partial charge in [-0.1, -0.05) is 24.3 Å². The number of pyridine rings is 1. The second-order valence-corrected chi connectivity index (χ2v) is 5.59. The van der Waals surface area contributed by atoms with Gasteiger partial charge in [-0.05, 0) is 37.4 Å². The van der Waals surface area contributed by atoms with Gasteiger partial charge in [0.05, 0.1) is 5.52 Å². The highest BCUT2D eigenvalue weighted by Gasteiger charge is 2.17. The molecule has 1 amide bonds. The van der Waals surface area contributed by atoms with Crippen molar-refractivity contribution in [3.05, 3.63) is 42.1 Å². The van der Waals surface area contributed by atoms with Gasteiger partial charge in [-0.15, -0.1) is 0 Å². The van der Waals surface area contributed by atoms with Crippen LogP contribution >= 0.6 is 0 Å². The molecule has 110 valence electrons. The van der Waals surface area contributed by atoms with Gasteiger partial charge in [0.25, 0.3) is 0 Å². The first-order valence-electron chi connectivity index (χ1n) is 7.65. The van der Waals surface area contributed by atoms with Crippen LogP contribution in [0.2, 0.25) is 0 Å². The maximum Gasteiger partial charge on any atom is 0.221 e. The van der Waals surface area contributed by atoms with Gasteiger partial charge in [0, 0.05) is 30.6 Å². The summed E-state index contributed by atoms with van der Waals surface area (Å²) >= 11 is 0. The topological polar surface area (TPSA) is 54.0 Å². The molecule has 1 aliphatic heterocycles. The molecule has 2 heterocycles. The van der Waals surface area contributed by atoms with Crippen LogP contribution in [-0.2, 0) is 11.2 Å². The summed E-state index contributed by atoms with van der Waals surface area (Å²) in [6, 6.07) is 10.6. The van der Waals surface area contributed by atoms with Crippen LogP contribution in [0.3, 0.4) is 0 Å². The van der Waals surface area contributed by atoms with Crippen LogP contribution < -0.4 is 10.6 Å². The van der Waals surface area contributed by atoms with E-state index >= 15 is 0 Å². The number of nitrogens with zero attached hydrogens (tertiary/aromatic N) is 1. The molecule has 0 spiro atoms. The SMILES string of the molecule is O=C(CC1CCCN1)NCCc1cccc2cccnc12. The molecule has 1 aromatic carbocycles. The lowest BCUT2D eigenvalue weighted by Gasteiger charge is -2.11. The van der Waals surface area contributed by atoms with Gasteiger partial charge in [-0.3, -0.25) is 9.78 Å². The van der Waals surface area contributed by atoms with Crippen molar-refractivity contribution in [1.29, 1.82) is 0 Å². The summed E-state index contributed by atoms with van der Waals surface area (Å²) in [7, 11) is 0. The van der Waals surface area contributed by atoms with Gasteiger partial charge in [-0.2, -0.15) is 0 Å². The Morgan fingerprint density at radius 2 is 2.24 bits per heavy atom. The summed E-state index contributed by atoms with van der Waals surface area (Å²) in [5.74, 6) is 0.141. The predicted molar refractivity (Wildman–Crippen MR) is 84.1 cm³/mol. The van der Waals surface area contributed by atoms with Crippen molar-refractivity contribution in [3.8, 4) is 0 Å². The zero-order valence-corrected chi connectivity index (χ0v) is 12.1. The number of nitrogens with one attached hydrogen (secondary N) is 2. The predicted octanol–water partition coefficient (Wildman–Crippen LogP) is 2.04. The van der Waals surface area contributed by atoms with Crippen LogP contribution in [-0.4, -0.2) is 30.0 Å². The van der Waals surface area contributed by atoms with Crippen LogP contribution in [0.5, 0.6) is 0 Å². The van der Waals surface area contributed by atoms with E-state index in [2.05, 4.69) is 33.8 Å². The van der Waals surface area contributed by atoms with E-state index in [1.54, 1.807) is 0 Å². The fraction of sp³-hybridized carbons (Fsp3) is 0.412. The molecular weight excluding hydrogens is 262 g/mol. The van der Waals surface area contributed by atoms with E-state index in [9.17, 15) is 4.79 Å². The van der Waals surface area contributed by atoms with Crippen LogP contribution in [0.4, 0.5) is 0 Å². The Hall–Kier alpha value is -1.94. The molecule has 4 nitrogen and oxygen atoms in total. The number of para-hydroxylation sites is 1. The standard InChI is InChI=1S/C17H21N3O/c21-16(12-15-7-3-9-18-15)19-11-8-14-5-1-4-13-6-2-10-20-17(13)14/h1-2,4-6,10,15,18H,3,7-9,11-12H2,(H,19,21). The quantitative estimate of drug-likeness (QED) is 0.883. The maximum atomic E-state index is 11.9. The van der Waals surface area contributed by atoms with E-state index in [1.165, 1.54) is 12.0 Å². The normalized spacial score (nSPS) is 18.0. The van der Waals surface area contributed by atoms with Crippen molar-refractivity contribution >= 4 is 16.8 Å². The molecule has 1 unspecified atom stereocenters. The van der Waals surface area contributed by atoms with Crippen molar-refractivity contribution in [1.82, 2.24) is 15.6 Å². The molecular formula is C17H21N3O. The first-order valence-corrected chi connectivity index (χ1v) is 7.65. The van der Waals surface area contributed by atoms with E-state index in [0.717, 1.165) is 30.3 Å². The Balaban J connectivity index is 1.53. The largest absolute Gasteiger partial charge is 0.356 e. The number of hydrogen-bond donors (Lipinski definition) is 2. The monoisotopic (exact) mass is 283 g/mol. The molecule has 1 fully saturated rings. The van der Waals surface area contributed by atoms with Gasteiger partial charge in [-0.25, -0.2) is 0 Å². The Labute approximate surface area is 125 Å². The summed E-state index contributed by atoms with van der Waals surface area (Å²) in [4.78, 5) is 16.3. The van der Waals surface area contributed by atoms with Gasteiger partial charge in [0.1, 0.15) is 0 Å². The lowest BCUT2D eigenvalue weighted by molar-refractivity contribution is -0.121. The number of benzene rings is 1. The van der Waals surface area contributed by atoms with Crippen molar-refractivity contribution in [3.63, 3.8) is 0 Å². The molecule has 0 bridgehead atoms. The highest BCUT2D eigenvalue weighted by Crippen LogP contribution is 2.16. The van der Waals surface area contributed by atoms with Crippen LogP contribution in [0.25, 0.3) is 10.9 Å². The molecule has 0 saturated carbocycles. The molecule has 1 aromatic heterocycles. The number of amides is 1. The number of hydrogen-bond acceptors (Lipinski definition) is 3. The van der Waals surface area contributed by atoms with E-state index in [-0.39, 0.29) is 5.91 Å². The Bertz CT molecular complexity index is 615. The molecule has 1 atom stereocenters. The minimum atomic E-state index is 0.141. The van der Waals surface area contributed by atoms with E-state index in [4.69, 9.17) is 0 Å². The summed E-state index contributed by atoms with van der Waals surface area (Å²) in [6.07, 6.45) is 5.52. The smallest absolute Gasteiger partial charge is 0.221 e. The number of aromatic nitrogens is 1. The minimum Gasteiger partial charge on any atom is -0.356 e. The third-order valence-electron chi connectivity index (χ3n) is 4.03. The highest BCUT2D eigenvalue weighted by molar-refractivity contribution is 5.81. The minimum absolute atomic E-state index is 0.141. The Morgan fingerprint density at radius 3 is 3.10 bits per heavy atom. The average molecular weight is 283 g/mol. The third-order valence-corrected chi connectivity index (χ3v) is 4.03. The summed E-state index contributed by atoms with van der Waals surface area (Å²) in [6.45, 7) is 1.71. The Kier molecular flexibility index (Phi) is 4.46. The number of carbonyl (C=O) groups excluding carboxylic acids is 1. The zero-order valence-electron chi connectivity index (χ0n) is 12.1. The van der Waals surface area contributed by atoms with Crippen molar-refractivity contribution in [2.45, 2.75) is 31.7 Å². The summed E-state index contributed by atoms with van der Waals surface area (Å²) in [5.41, 5.74) is 2.22. The van der Waals surface area contributed by atoms with E-state index < -0.39 is 0 Å². The lowest BCUT2D eigenvalue weighted by atomic mass is 10.1. The maximum absolute atomic E-state index is 11.9. The van der Waals surface area contributed by atoms with E-state index in [1.807, 2.05) is 18.3 Å². The molecule has 4 heteroatoms. The fourth-order valence-electron chi connectivity index (χ4n) is 2.93. The number of fused-ring (bicyclic) bond motifs is 1. The highest BCUT2D eigenvalue weighted by atomic mass is 16.1. The van der Waals surface area contributed by atoms with E-state index in [0.29, 0.717) is 19.0 Å². The number of rotatable bonds is 5. The van der Waals surface area contributed by atoms with Crippen LogP contribution in [0.15, 0.2) is 36.5 Å². The number of carbonyl (C=O) groups is 1. The van der Waals surface area contributed by atoms with Gasteiger partial charge < -0.3 is 10.6 Å². The molecule has 1 saturated heterocycles. The van der Waals surface area contributed by atoms with Crippen LogP contribution in [0, 0.1) is 0 Å². The van der Waals surface area contributed by atoms with Crippen molar-refractivity contribution in [2.75, 3.05) is 13.1 Å². The van der Waals surface area contributed by atoms with Gasteiger partial charge >= 0.3 is 0 Å². The van der Waals surface area contributed by atoms with Crippen molar-refractivity contribution in [2.24, 2.45) is 0 Å². The first kappa shape index (κ1) is 14.0. The molecule has 2 N–H and O–H groups in total. The second-order valence-electron chi connectivity index (χ2n) is 5.59. The zero-order chi connectivity index (χ0) is 14.5. The lowest BCUT2D eigenvalue weighted by Crippen LogP contribution is -2.32. The average Bonchev–Trinajstić information content (AvgIpc) is 3.00. The summed E-state index contributed by atoms with van der Waals surface area (Å²) < 4.78 is 0. The van der Waals surface area contributed by atoms with Crippen LogP contribution in [0.1, 0.15) is 24.8 Å². The first-order chi connectivity index (χ1) is 10.3. The third kappa shape index (κ3) is 3.58. The molecule has 0 aliphatic carbocycles. The molecule has 0 radical (unpaired) electrons. The van der Waals surface area contributed by atoms with Gasteiger partial charge in [0.2, 0.25) is 5.91 Å². The summed E-state index contributed by atoms with van der Waals surface area (Å²) in [5, 5.41) is 7.51. The molecule has 2 aromatic rings. The Morgan fingerprint density at radius 1 is 1.33 bits per heavy atom.